The maximum atomic E-state index is 12.1. The first-order valence-corrected chi connectivity index (χ1v) is 7.17. The predicted molar refractivity (Wildman–Crippen MR) is 81.0 cm³/mol. The lowest BCUT2D eigenvalue weighted by Crippen LogP contribution is -2.28. The molecule has 1 aliphatic rings. The Hall–Kier alpha value is -2.26. The van der Waals surface area contributed by atoms with Crippen LogP contribution in [-0.4, -0.2) is 43.8 Å². The molecular weight excluding hydrogens is 302 g/mol. The minimum atomic E-state index is -0.854. The van der Waals surface area contributed by atoms with Crippen molar-refractivity contribution in [3.8, 4) is 11.1 Å². The summed E-state index contributed by atoms with van der Waals surface area (Å²) >= 11 is 0. The van der Waals surface area contributed by atoms with Crippen molar-refractivity contribution < 1.29 is 20.2 Å². The number of aromatic nitrogens is 2. The second kappa shape index (κ2) is 6.47. The van der Waals surface area contributed by atoms with Gasteiger partial charge >= 0.3 is 5.69 Å². The van der Waals surface area contributed by atoms with Gasteiger partial charge in [-0.2, -0.15) is 4.98 Å². The van der Waals surface area contributed by atoms with E-state index in [0.717, 1.165) is 5.56 Å². The Morgan fingerprint density at radius 3 is 2.70 bits per heavy atom. The second-order valence-corrected chi connectivity index (χ2v) is 5.29. The first kappa shape index (κ1) is 15.6. The summed E-state index contributed by atoms with van der Waals surface area (Å²) in [7, 11) is 0. The van der Waals surface area contributed by atoms with E-state index in [9.17, 15) is 15.1 Å². The van der Waals surface area contributed by atoms with Crippen LogP contribution in [0.1, 0.15) is 12.6 Å². The van der Waals surface area contributed by atoms with Gasteiger partial charge in [-0.15, -0.1) is 0 Å². The summed E-state index contributed by atoms with van der Waals surface area (Å²) in [6.45, 7) is -0.332. The Kier molecular flexibility index (Phi) is 4.39. The van der Waals surface area contributed by atoms with Crippen LogP contribution in [0.4, 0.5) is 5.82 Å². The fourth-order valence-corrected chi connectivity index (χ4v) is 2.64. The van der Waals surface area contributed by atoms with Crippen LogP contribution in [0, 0.1) is 0 Å². The lowest BCUT2D eigenvalue weighted by atomic mass is 10.1. The average molecular weight is 319 g/mol. The molecule has 0 saturated carbocycles. The summed E-state index contributed by atoms with van der Waals surface area (Å²) in [5, 5.41) is 28.2. The number of benzene rings is 1. The molecule has 1 unspecified atom stereocenters. The van der Waals surface area contributed by atoms with Gasteiger partial charge in [-0.05, 0) is 5.56 Å². The molecule has 3 rings (SSSR count). The Bertz CT molecular complexity index is 734. The van der Waals surface area contributed by atoms with Crippen LogP contribution in [0.3, 0.4) is 0 Å². The Labute approximate surface area is 131 Å². The van der Waals surface area contributed by atoms with Gasteiger partial charge in [-0.25, -0.2) is 4.79 Å². The largest absolute Gasteiger partial charge is 0.394 e. The van der Waals surface area contributed by atoms with Crippen molar-refractivity contribution in [3.05, 3.63) is 47.0 Å². The summed E-state index contributed by atoms with van der Waals surface area (Å²) in [5.74, 6) is 0.0368. The van der Waals surface area contributed by atoms with Crippen LogP contribution in [0.25, 0.3) is 11.1 Å². The third kappa shape index (κ3) is 2.97. The fourth-order valence-electron chi connectivity index (χ4n) is 2.64. The number of aliphatic hydroxyl groups is 2. The van der Waals surface area contributed by atoms with Crippen molar-refractivity contribution in [2.45, 2.75) is 24.9 Å². The summed E-state index contributed by atoms with van der Waals surface area (Å²) in [5.41, 5.74) is 2.56. The first-order chi connectivity index (χ1) is 11.1. The van der Waals surface area contributed by atoms with Crippen LogP contribution in [-0.2, 0) is 4.74 Å². The number of nitrogens with zero attached hydrogens (tertiary/aromatic N) is 2. The fraction of sp³-hybridized carbons (Fsp3) is 0.333. The molecule has 1 saturated heterocycles. The van der Waals surface area contributed by atoms with E-state index in [1.54, 1.807) is 0 Å². The Balaban J connectivity index is 2.04. The molecule has 8 nitrogen and oxygen atoms in total. The molecule has 23 heavy (non-hydrogen) atoms. The molecule has 1 aliphatic heterocycles. The molecule has 1 aromatic heterocycles. The number of rotatable bonds is 4. The van der Waals surface area contributed by atoms with Gasteiger partial charge < -0.3 is 14.9 Å². The minimum absolute atomic E-state index is 0.0368. The lowest BCUT2D eigenvalue weighted by Gasteiger charge is -2.17. The molecule has 2 aromatic rings. The third-order valence-corrected chi connectivity index (χ3v) is 3.84. The minimum Gasteiger partial charge on any atom is -0.394 e. The van der Waals surface area contributed by atoms with Gasteiger partial charge in [0.2, 0.25) is 0 Å². The van der Waals surface area contributed by atoms with Gasteiger partial charge in [0.25, 0.3) is 0 Å². The smallest absolute Gasteiger partial charge is 0.351 e. The molecule has 8 heteroatoms. The van der Waals surface area contributed by atoms with E-state index in [-0.39, 0.29) is 18.8 Å². The molecule has 4 N–H and O–H groups in total. The number of ether oxygens (including phenoxy) is 1. The first-order valence-electron chi connectivity index (χ1n) is 7.17. The standard InChI is InChI=1S/C15H17N3O5/c19-8-12-11(20)6-13(23-12)18-7-10(9-4-2-1-3-5-9)14(17-22)16-15(18)21/h1-5,7,11-13,19-20,22H,6,8H2,(H,16,17,21)/t11?,12-,13-/m1/s1. The van der Waals surface area contributed by atoms with Crippen molar-refractivity contribution in [1.82, 2.24) is 9.55 Å². The SMILES string of the molecule is O=c1nc(NO)c(-c2ccccc2)cn1[C@H]1CC(O)[C@@H](CO)O1. The van der Waals surface area contributed by atoms with E-state index in [0.29, 0.717) is 5.56 Å². The average Bonchev–Trinajstić information content (AvgIpc) is 2.96. The Morgan fingerprint density at radius 2 is 2.09 bits per heavy atom. The summed E-state index contributed by atoms with van der Waals surface area (Å²) < 4.78 is 6.75. The topological polar surface area (TPSA) is 117 Å². The second-order valence-electron chi connectivity index (χ2n) is 5.29. The van der Waals surface area contributed by atoms with Crippen molar-refractivity contribution in [2.75, 3.05) is 12.1 Å². The van der Waals surface area contributed by atoms with Crippen molar-refractivity contribution in [3.63, 3.8) is 0 Å². The van der Waals surface area contributed by atoms with E-state index in [4.69, 9.17) is 9.84 Å². The highest BCUT2D eigenvalue weighted by Gasteiger charge is 2.35. The number of aliphatic hydroxyl groups excluding tert-OH is 2. The highest BCUT2D eigenvalue weighted by atomic mass is 16.5. The van der Waals surface area contributed by atoms with Gasteiger partial charge in [-0.3, -0.25) is 15.3 Å². The molecule has 0 spiro atoms. The van der Waals surface area contributed by atoms with Gasteiger partial charge in [0.1, 0.15) is 12.3 Å². The molecule has 2 heterocycles. The van der Waals surface area contributed by atoms with Crippen molar-refractivity contribution >= 4 is 5.82 Å². The van der Waals surface area contributed by atoms with E-state index < -0.39 is 24.1 Å². The predicted octanol–water partition coefficient (Wildman–Crippen LogP) is 0.352. The maximum Gasteiger partial charge on any atom is 0.351 e. The number of nitrogens with one attached hydrogen (secondary N) is 1. The zero-order valence-corrected chi connectivity index (χ0v) is 12.2. The van der Waals surface area contributed by atoms with Gasteiger partial charge in [0.05, 0.1) is 12.7 Å². The zero-order chi connectivity index (χ0) is 16.4. The van der Waals surface area contributed by atoms with Crippen molar-refractivity contribution in [1.29, 1.82) is 0 Å². The Morgan fingerprint density at radius 1 is 1.35 bits per heavy atom. The molecule has 0 bridgehead atoms. The van der Waals surface area contributed by atoms with Gasteiger partial charge in [-0.1, -0.05) is 30.3 Å². The van der Waals surface area contributed by atoms with Gasteiger partial charge in [0, 0.05) is 18.2 Å². The summed E-state index contributed by atoms with van der Waals surface area (Å²) in [6, 6.07) is 9.12. The molecule has 0 amide bonds. The van der Waals surface area contributed by atoms with Crippen LogP contribution in [0.15, 0.2) is 41.3 Å². The number of anilines is 1. The van der Waals surface area contributed by atoms with E-state index in [1.165, 1.54) is 10.8 Å². The van der Waals surface area contributed by atoms with Crippen LogP contribution in [0.2, 0.25) is 0 Å². The van der Waals surface area contributed by atoms with Crippen LogP contribution >= 0.6 is 0 Å². The highest BCUT2D eigenvalue weighted by molar-refractivity contribution is 5.73. The van der Waals surface area contributed by atoms with Gasteiger partial charge in [0.15, 0.2) is 5.82 Å². The molecule has 0 aliphatic carbocycles. The normalized spacial score (nSPS) is 23.9. The number of hydrogen-bond acceptors (Lipinski definition) is 7. The maximum absolute atomic E-state index is 12.1. The monoisotopic (exact) mass is 319 g/mol. The van der Waals surface area contributed by atoms with Crippen LogP contribution in [0.5, 0.6) is 0 Å². The van der Waals surface area contributed by atoms with E-state index in [1.807, 2.05) is 35.8 Å². The molecule has 1 aromatic carbocycles. The number of hydrogen-bond donors (Lipinski definition) is 4. The zero-order valence-electron chi connectivity index (χ0n) is 12.2. The molecule has 3 atom stereocenters. The highest BCUT2D eigenvalue weighted by Crippen LogP contribution is 2.30. The van der Waals surface area contributed by atoms with Crippen molar-refractivity contribution in [2.24, 2.45) is 0 Å². The molecule has 1 fully saturated rings. The van der Waals surface area contributed by atoms with E-state index in [2.05, 4.69) is 4.98 Å². The van der Waals surface area contributed by atoms with E-state index >= 15 is 0 Å². The lowest BCUT2D eigenvalue weighted by molar-refractivity contribution is -0.0458. The molecular formula is C15H17N3O5. The summed E-state index contributed by atoms with van der Waals surface area (Å²) in [6.07, 6.45) is -0.624. The van der Waals surface area contributed by atoms with Crippen LogP contribution < -0.4 is 11.2 Å². The quantitative estimate of drug-likeness (QED) is 0.601. The summed E-state index contributed by atoms with van der Waals surface area (Å²) in [4.78, 5) is 16.0. The molecule has 0 radical (unpaired) electrons. The third-order valence-electron chi connectivity index (χ3n) is 3.84. The molecule has 122 valence electrons.